The first kappa shape index (κ1) is 17.1. The zero-order valence-corrected chi connectivity index (χ0v) is 15.7. The summed E-state index contributed by atoms with van der Waals surface area (Å²) in [4.78, 5) is 19.0. The largest absolute Gasteiger partial charge is 0.497 e. The van der Waals surface area contributed by atoms with E-state index in [4.69, 9.17) is 4.74 Å². The van der Waals surface area contributed by atoms with Gasteiger partial charge in [-0.1, -0.05) is 49.2 Å². The fraction of sp³-hybridized carbons (Fsp3) is 0.400. The predicted molar refractivity (Wildman–Crippen MR) is 104 cm³/mol. The summed E-state index contributed by atoms with van der Waals surface area (Å²) in [6.45, 7) is 0. The summed E-state index contributed by atoms with van der Waals surface area (Å²) in [5.74, 6) is 0.771. The van der Waals surface area contributed by atoms with Crippen molar-refractivity contribution in [3.63, 3.8) is 0 Å². The molecule has 6 heteroatoms. The van der Waals surface area contributed by atoms with Crippen molar-refractivity contribution in [1.29, 1.82) is 0 Å². The lowest BCUT2D eigenvalue weighted by Crippen LogP contribution is -2.34. The maximum Gasteiger partial charge on any atom is 0.271 e. The standard InChI is InChI=1S/C20H23N3O2S/c1-25-16-10-6-7-14(11-16)18-13-23-12-17(22-20(23)26-18)19(24)21-15-8-4-2-3-5-9-15/h6-7,10-13,15H,2-5,8-9H2,1H3,(H,21,24). The van der Waals surface area contributed by atoms with Crippen LogP contribution in [-0.2, 0) is 0 Å². The van der Waals surface area contributed by atoms with Crippen LogP contribution in [0.2, 0.25) is 0 Å². The number of carbonyl (C=O) groups excluding carboxylic acids is 1. The Morgan fingerprint density at radius 1 is 1.23 bits per heavy atom. The molecule has 1 fully saturated rings. The number of aromatic nitrogens is 2. The number of thiazole rings is 1. The van der Waals surface area contributed by atoms with E-state index in [2.05, 4.69) is 10.3 Å². The third-order valence-corrected chi connectivity index (χ3v) is 5.98. The van der Waals surface area contributed by atoms with Gasteiger partial charge in [0.25, 0.3) is 5.91 Å². The van der Waals surface area contributed by atoms with Gasteiger partial charge in [0.05, 0.1) is 12.0 Å². The number of ether oxygens (including phenoxy) is 1. The maximum atomic E-state index is 12.5. The summed E-state index contributed by atoms with van der Waals surface area (Å²) in [6, 6.07) is 8.25. The highest BCUT2D eigenvalue weighted by atomic mass is 32.1. The number of nitrogens with zero attached hydrogens (tertiary/aromatic N) is 2. The van der Waals surface area contributed by atoms with Crippen LogP contribution < -0.4 is 10.1 Å². The van der Waals surface area contributed by atoms with Crippen LogP contribution in [0.15, 0.2) is 36.7 Å². The van der Waals surface area contributed by atoms with Crippen molar-refractivity contribution in [1.82, 2.24) is 14.7 Å². The number of hydrogen-bond acceptors (Lipinski definition) is 4. The second kappa shape index (κ2) is 7.50. The van der Waals surface area contributed by atoms with Gasteiger partial charge in [-0.05, 0) is 30.5 Å². The number of benzene rings is 1. The highest BCUT2D eigenvalue weighted by Gasteiger charge is 2.18. The van der Waals surface area contributed by atoms with E-state index >= 15 is 0 Å². The molecule has 1 amide bonds. The SMILES string of the molecule is COc1cccc(-c2cn3cc(C(=O)NC4CCCCCC4)nc3s2)c1. The Hall–Kier alpha value is -2.34. The van der Waals surface area contributed by atoms with Gasteiger partial charge in [0, 0.05) is 18.4 Å². The van der Waals surface area contributed by atoms with E-state index in [1.54, 1.807) is 18.4 Å². The fourth-order valence-corrected chi connectivity index (χ4v) is 4.46. The van der Waals surface area contributed by atoms with Crippen molar-refractivity contribution in [2.75, 3.05) is 7.11 Å². The van der Waals surface area contributed by atoms with Gasteiger partial charge in [0.1, 0.15) is 11.4 Å². The predicted octanol–water partition coefficient (Wildman–Crippen LogP) is 4.52. The number of hydrogen-bond donors (Lipinski definition) is 1. The minimum absolute atomic E-state index is 0.0595. The molecular formula is C20H23N3O2S. The topological polar surface area (TPSA) is 55.6 Å². The molecule has 0 radical (unpaired) electrons. The molecule has 4 rings (SSSR count). The lowest BCUT2D eigenvalue weighted by molar-refractivity contribution is 0.0929. The minimum Gasteiger partial charge on any atom is -0.497 e. The monoisotopic (exact) mass is 369 g/mol. The van der Waals surface area contributed by atoms with Gasteiger partial charge >= 0.3 is 0 Å². The molecule has 5 nitrogen and oxygen atoms in total. The molecule has 1 aliphatic carbocycles. The van der Waals surface area contributed by atoms with E-state index < -0.39 is 0 Å². The second-order valence-electron chi connectivity index (χ2n) is 6.81. The number of nitrogens with one attached hydrogen (secondary N) is 1. The van der Waals surface area contributed by atoms with E-state index in [0.717, 1.165) is 34.0 Å². The van der Waals surface area contributed by atoms with Gasteiger partial charge in [0.2, 0.25) is 0 Å². The number of amides is 1. The zero-order valence-electron chi connectivity index (χ0n) is 14.9. The fourth-order valence-electron chi connectivity index (χ4n) is 3.50. The molecule has 0 bridgehead atoms. The molecule has 0 aliphatic heterocycles. The number of rotatable bonds is 4. The molecule has 1 aliphatic rings. The van der Waals surface area contributed by atoms with E-state index in [0.29, 0.717) is 5.69 Å². The van der Waals surface area contributed by atoms with Gasteiger partial charge in [-0.3, -0.25) is 9.20 Å². The third kappa shape index (κ3) is 3.60. The Bertz CT molecular complexity index is 875. The normalized spacial score (nSPS) is 15.7. The van der Waals surface area contributed by atoms with Crippen molar-refractivity contribution in [2.24, 2.45) is 0 Å². The molecule has 0 atom stereocenters. The average Bonchev–Trinajstić information content (AvgIpc) is 3.13. The molecule has 2 heterocycles. The van der Waals surface area contributed by atoms with Gasteiger partial charge in [-0.25, -0.2) is 4.98 Å². The molecule has 1 aromatic carbocycles. The maximum absolute atomic E-state index is 12.5. The van der Waals surface area contributed by atoms with Gasteiger partial charge < -0.3 is 10.1 Å². The number of carbonyl (C=O) groups is 1. The Morgan fingerprint density at radius 3 is 2.77 bits per heavy atom. The summed E-state index contributed by atoms with van der Waals surface area (Å²) in [7, 11) is 1.67. The minimum atomic E-state index is -0.0595. The number of fused-ring (bicyclic) bond motifs is 1. The van der Waals surface area contributed by atoms with E-state index in [9.17, 15) is 4.79 Å². The summed E-state index contributed by atoms with van der Waals surface area (Å²) >= 11 is 1.57. The van der Waals surface area contributed by atoms with Crippen LogP contribution >= 0.6 is 11.3 Å². The Labute approximate surface area is 157 Å². The first-order valence-electron chi connectivity index (χ1n) is 9.17. The first-order chi connectivity index (χ1) is 12.7. The molecule has 26 heavy (non-hydrogen) atoms. The molecule has 3 aromatic rings. The third-order valence-electron chi connectivity index (χ3n) is 4.93. The van der Waals surface area contributed by atoms with Crippen LogP contribution in [0.5, 0.6) is 5.75 Å². The van der Waals surface area contributed by atoms with E-state index in [1.165, 1.54) is 25.7 Å². The zero-order chi connectivity index (χ0) is 17.9. The first-order valence-corrected chi connectivity index (χ1v) is 9.98. The van der Waals surface area contributed by atoms with Crippen molar-refractivity contribution in [3.8, 4) is 16.2 Å². The molecule has 2 aromatic heterocycles. The van der Waals surface area contributed by atoms with Crippen LogP contribution in [0.4, 0.5) is 0 Å². The smallest absolute Gasteiger partial charge is 0.271 e. The molecule has 136 valence electrons. The van der Waals surface area contributed by atoms with Gasteiger partial charge in [-0.15, -0.1) is 0 Å². The van der Waals surface area contributed by atoms with Crippen LogP contribution in [0, 0.1) is 0 Å². The molecule has 0 spiro atoms. The molecule has 1 saturated carbocycles. The van der Waals surface area contributed by atoms with Crippen molar-refractivity contribution >= 4 is 22.2 Å². The summed E-state index contributed by atoms with van der Waals surface area (Å²) < 4.78 is 7.22. The van der Waals surface area contributed by atoms with Crippen molar-refractivity contribution < 1.29 is 9.53 Å². The lowest BCUT2D eigenvalue weighted by Gasteiger charge is -2.14. The molecule has 0 unspecified atom stereocenters. The lowest BCUT2D eigenvalue weighted by atomic mass is 10.1. The quantitative estimate of drug-likeness (QED) is 0.688. The highest BCUT2D eigenvalue weighted by molar-refractivity contribution is 7.20. The number of methoxy groups -OCH3 is 1. The highest BCUT2D eigenvalue weighted by Crippen LogP contribution is 2.30. The van der Waals surface area contributed by atoms with Crippen LogP contribution in [0.3, 0.4) is 0 Å². The van der Waals surface area contributed by atoms with E-state index in [1.807, 2.05) is 41.1 Å². The summed E-state index contributed by atoms with van der Waals surface area (Å²) in [5, 5.41) is 3.16. The van der Waals surface area contributed by atoms with Crippen LogP contribution in [0.25, 0.3) is 15.4 Å². The molecular weight excluding hydrogens is 346 g/mol. The van der Waals surface area contributed by atoms with Crippen LogP contribution in [-0.4, -0.2) is 28.4 Å². The second-order valence-corrected chi connectivity index (χ2v) is 7.81. The molecule has 1 N–H and O–H groups in total. The number of imidazole rings is 1. The summed E-state index contributed by atoms with van der Waals surface area (Å²) in [5.41, 5.74) is 1.59. The Balaban J connectivity index is 1.51. The Morgan fingerprint density at radius 2 is 2.04 bits per heavy atom. The molecule has 0 saturated heterocycles. The summed E-state index contributed by atoms with van der Waals surface area (Å²) in [6.07, 6.45) is 11.0. The van der Waals surface area contributed by atoms with Crippen LogP contribution in [0.1, 0.15) is 49.0 Å². The van der Waals surface area contributed by atoms with Crippen molar-refractivity contribution in [2.45, 2.75) is 44.6 Å². The Kier molecular flexibility index (Phi) is 4.93. The van der Waals surface area contributed by atoms with Gasteiger partial charge in [0.15, 0.2) is 4.96 Å². The van der Waals surface area contributed by atoms with E-state index in [-0.39, 0.29) is 11.9 Å². The van der Waals surface area contributed by atoms with Crippen molar-refractivity contribution in [3.05, 3.63) is 42.4 Å². The average molecular weight is 369 g/mol. The van der Waals surface area contributed by atoms with Gasteiger partial charge in [-0.2, -0.15) is 0 Å².